The van der Waals surface area contributed by atoms with E-state index in [9.17, 15) is 23.1 Å². The Labute approximate surface area is 221 Å². The number of aryl methyl sites for hydroxylation is 1. The summed E-state index contributed by atoms with van der Waals surface area (Å²) < 4.78 is 42.8. The van der Waals surface area contributed by atoms with Crippen LogP contribution >= 0.6 is 11.6 Å². The maximum Gasteiger partial charge on any atom is 0.416 e. The van der Waals surface area contributed by atoms with Gasteiger partial charge in [-0.3, -0.25) is 4.57 Å². The van der Waals surface area contributed by atoms with Gasteiger partial charge >= 0.3 is 11.9 Å². The van der Waals surface area contributed by atoms with Crippen molar-refractivity contribution in [2.45, 2.75) is 57.6 Å². The maximum atomic E-state index is 13.2. The van der Waals surface area contributed by atoms with Crippen molar-refractivity contribution in [2.24, 2.45) is 5.73 Å². The summed E-state index contributed by atoms with van der Waals surface area (Å²) in [6.07, 6.45) is -6.56. The minimum Gasteiger partial charge on any atom is -0.382 e. The molecule has 0 fully saturated rings. The van der Waals surface area contributed by atoms with Crippen LogP contribution in [0.1, 0.15) is 31.9 Å². The Balaban J connectivity index is 1.74. The van der Waals surface area contributed by atoms with Crippen LogP contribution in [0.4, 0.5) is 13.2 Å². The number of aliphatic hydroxyl groups is 1. The van der Waals surface area contributed by atoms with Crippen LogP contribution in [-0.2, 0) is 19.5 Å². The van der Waals surface area contributed by atoms with Crippen molar-refractivity contribution in [1.29, 1.82) is 0 Å². The standard InChI is InChI=1S/C25H27ClF3N7O2/c1-24(2,30)13-12-21-31-20(32-36(21)18-6-4-3-5-7-18)15-35-23(38)34(14-19(37)25(27,28)29)22(33-35)16-8-10-17(26)11-9-16/h3-11,19,37H,12-15,30H2,1-2H3/t19-/m0/s1. The average Bonchev–Trinajstić information content (AvgIpc) is 3.39. The van der Waals surface area contributed by atoms with Gasteiger partial charge in [-0.05, 0) is 56.7 Å². The van der Waals surface area contributed by atoms with Crippen molar-refractivity contribution in [3.05, 3.63) is 81.8 Å². The molecule has 0 saturated carbocycles. The van der Waals surface area contributed by atoms with Crippen LogP contribution in [0.15, 0.2) is 59.4 Å². The van der Waals surface area contributed by atoms with Gasteiger partial charge in [-0.15, -0.1) is 10.2 Å². The van der Waals surface area contributed by atoms with Gasteiger partial charge in [0.05, 0.1) is 12.2 Å². The van der Waals surface area contributed by atoms with E-state index in [2.05, 4.69) is 15.2 Å². The van der Waals surface area contributed by atoms with Crippen LogP contribution < -0.4 is 11.4 Å². The van der Waals surface area contributed by atoms with Gasteiger partial charge in [0.1, 0.15) is 12.4 Å². The molecule has 4 aromatic rings. The first-order valence-corrected chi connectivity index (χ1v) is 12.2. The molecule has 2 aromatic heterocycles. The number of alkyl halides is 3. The molecule has 0 radical (unpaired) electrons. The predicted octanol–water partition coefficient (Wildman–Crippen LogP) is 3.59. The highest BCUT2D eigenvalue weighted by atomic mass is 35.5. The summed E-state index contributed by atoms with van der Waals surface area (Å²) in [6, 6.07) is 15.4. The highest BCUT2D eigenvalue weighted by Crippen LogP contribution is 2.24. The molecule has 202 valence electrons. The van der Waals surface area contributed by atoms with E-state index in [1.165, 1.54) is 24.3 Å². The third-order valence-electron chi connectivity index (χ3n) is 5.76. The molecule has 4 rings (SSSR count). The molecule has 0 unspecified atom stereocenters. The fourth-order valence-electron chi connectivity index (χ4n) is 3.76. The summed E-state index contributed by atoms with van der Waals surface area (Å²) in [5.74, 6) is 0.801. The van der Waals surface area contributed by atoms with Crippen molar-refractivity contribution in [2.75, 3.05) is 0 Å². The molecular formula is C25H27ClF3N7O2. The van der Waals surface area contributed by atoms with Crippen LogP contribution in [0.2, 0.25) is 5.02 Å². The molecule has 0 saturated heterocycles. The number of nitrogens with zero attached hydrogens (tertiary/aromatic N) is 6. The second-order valence-corrected chi connectivity index (χ2v) is 10.1. The van der Waals surface area contributed by atoms with Crippen LogP contribution in [0.5, 0.6) is 0 Å². The van der Waals surface area contributed by atoms with E-state index >= 15 is 0 Å². The fourth-order valence-corrected chi connectivity index (χ4v) is 3.89. The fraction of sp³-hybridized carbons (Fsp3) is 0.360. The van der Waals surface area contributed by atoms with Crippen LogP contribution in [-0.4, -0.2) is 52.0 Å². The summed E-state index contributed by atoms with van der Waals surface area (Å²) in [7, 11) is 0. The van der Waals surface area contributed by atoms with Gasteiger partial charge < -0.3 is 10.8 Å². The van der Waals surface area contributed by atoms with Crippen molar-refractivity contribution in [3.63, 3.8) is 0 Å². The summed E-state index contributed by atoms with van der Waals surface area (Å²) >= 11 is 5.94. The summed E-state index contributed by atoms with van der Waals surface area (Å²) in [5, 5.41) is 18.9. The number of aromatic nitrogens is 6. The maximum absolute atomic E-state index is 13.2. The van der Waals surface area contributed by atoms with Crippen molar-refractivity contribution >= 4 is 11.6 Å². The van der Waals surface area contributed by atoms with Gasteiger partial charge in [0, 0.05) is 22.5 Å². The molecule has 0 bridgehead atoms. The van der Waals surface area contributed by atoms with E-state index < -0.39 is 30.1 Å². The predicted molar refractivity (Wildman–Crippen MR) is 136 cm³/mol. The van der Waals surface area contributed by atoms with E-state index in [0.717, 1.165) is 14.9 Å². The highest BCUT2D eigenvalue weighted by molar-refractivity contribution is 6.30. The van der Waals surface area contributed by atoms with Gasteiger partial charge in [0.2, 0.25) is 0 Å². The molecule has 13 heteroatoms. The summed E-state index contributed by atoms with van der Waals surface area (Å²) in [4.78, 5) is 17.8. The smallest absolute Gasteiger partial charge is 0.382 e. The van der Waals surface area contributed by atoms with Gasteiger partial charge in [0.15, 0.2) is 17.8 Å². The zero-order valence-electron chi connectivity index (χ0n) is 20.7. The normalized spacial score (nSPS) is 13.2. The number of hydrogen-bond donors (Lipinski definition) is 2. The summed E-state index contributed by atoms with van der Waals surface area (Å²) in [5.41, 5.74) is 5.96. The molecule has 2 heterocycles. The first-order valence-electron chi connectivity index (χ1n) is 11.8. The lowest BCUT2D eigenvalue weighted by atomic mass is 10.00. The van der Waals surface area contributed by atoms with Gasteiger partial charge in [-0.25, -0.2) is 19.1 Å². The number of rotatable bonds is 9. The lowest BCUT2D eigenvalue weighted by Gasteiger charge is -2.17. The Hall–Kier alpha value is -3.48. The number of halogens is 4. The number of aliphatic hydroxyl groups excluding tert-OH is 1. The lowest BCUT2D eigenvalue weighted by molar-refractivity contribution is -0.207. The largest absolute Gasteiger partial charge is 0.416 e. The molecule has 0 spiro atoms. The number of nitrogens with two attached hydrogens (primary N) is 1. The minimum absolute atomic E-state index is 0.0532. The van der Waals surface area contributed by atoms with Crippen molar-refractivity contribution < 1.29 is 18.3 Å². The van der Waals surface area contributed by atoms with E-state index in [1.807, 2.05) is 44.2 Å². The van der Waals surface area contributed by atoms with E-state index in [1.54, 1.807) is 4.68 Å². The van der Waals surface area contributed by atoms with Crippen molar-refractivity contribution in [1.82, 2.24) is 29.1 Å². The lowest BCUT2D eigenvalue weighted by Crippen LogP contribution is -2.37. The Kier molecular flexibility index (Phi) is 7.77. The minimum atomic E-state index is -4.92. The molecule has 0 aliphatic rings. The van der Waals surface area contributed by atoms with Crippen LogP contribution in [0.25, 0.3) is 17.1 Å². The van der Waals surface area contributed by atoms with E-state index in [-0.39, 0.29) is 18.2 Å². The van der Waals surface area contributed by atoms with Gasteiger partial charge in [-0.1, -0.05) is 29.8 Å². The molecule has 1 atom stereocenters. The molecule has 3 N–H and O–H groups in total. The monoisotopic (exact) mass is 549 g/mol. The molecule has 0 amide bonds. The second-order valence-electron chi connectivity index (χ2n) is 9.62. The molecule has 0 aliphatic carbocycles. The van der Waals surface area contributed by atoms with Crippen LogP contribution in [0, 0.1) is 0 Å². The zero-order chi connectivity index (χ0) is 27.7. The highest BCUT2D eigenvalue weighted by Gasteiger charge is 2.39. The SMILES string of the molecule is CC(C)(N)CCc1nc(Cn2nc(-c3ccc(Cl)cc3)n(C[C@H](O)C(F)(F)F)c2=O)nn1-c1ccccc1. The Morgan fingerprint density at radius 1 is 1.05 bits per heavy atom. The zero-order valence-corrected chi connectivity index (χ0v) is 21.5. The summed E-state index contributed by atoms with van der Waals surface area (Å²) in [6.45, 7) is 2.57. The third kappa shape index (κ3) is 6.50. The van der Waals surface area contributed by atoms with E-state index in [0.29, 0.717) is 29.3 Å². The number of hydrogen-bond acceptors (Lipinski definition) is 6. The van der Waals surface area contributed by atoms with Gasteiger partial charge in [0.25, 0.3) is 0 Å². The molecule has 38 heavy (non-hydrogen) atoms. The second kappa shape index (κ2) is 10.7. The van der Waals surface area contributed by atoms with Crippen molar-refractivity contribution in [3.8, 4) is 17.1 Å². The molecule has 0 aliphatic heterocycles. The third-order valence-corrected chi connectivity index (χ3v) is 6.01. The number of para-hydroxylation sites is 1. The van der Waals surface area contributed by atoms with Crippen LogP contribution in [0.3, 0.4) is 0 Å². The average molecular weight is 550 g/mol. The molecular weight excluding hydrogens is 523 g/mol. The number of benzene rings is 2. The molecule has 2 aromatic carbocycles. The first-order chi connectivity index (χ1) is 17.8. The first kappa shape index (κ1) is 27.6. The Bertz CT molecular complexity index is 1440. The Morgan fingerprint density at radius 3 is 2.32 bits per heavy atom. The Morgan fingerprint density at radius 2 is 1.71 bits per heavy atom. The topological polar surface area (TPSA) is 117 Å². The molecule has 9 nitrogen and oxygen atoms in total. The van der Waals surface area contributed by atoms with Gasteiger partial charge in [-0.2, -0.15) is 13.2 Å². The van der Waals surface area contributed by atoms with E-state index in [4.69, 9.17) is 17.3 Å². The quantitative estimate of drug-likeness (QED) is 0.329.